The molecule has 5 rings (SSSR count). The van der Waals surface area contributed by atoms with E-state index in [2.05, 4.69) is 39.2 Å². The van der Waals surface area contributed by atoms with Crippen LogP contribution in [0.4, 0.5) is 0 Å². The number of oxazole rings is 1. The summed E-state index contributed by atoms with van der Waals surface area (Å²) in [7, 11) is 0. The summed E-state index contributed by atoms with van der Waals surface area (Å²) in [5.74, 6) is 3.15. The predicted octanol–water partition coefficient (Wildman–Crippen LogP) is 5.62. The molecule has 34 heavy (non-hydrogen) atoms. The third kappa shape index (κ3) is 5.81. The summed E-state index contributed by atoms with van der Waals surface area (Å²) < 4.78 is 17.4. The zero-order valence-corrected chi connectivity index (χ0v) is 20.0. The minimum absolute atomic E-state index is 0.165. The summed E-state index contributed by atoms with van der Waals surface area (Å²) in [6.07, 6.45) is 14.9. The fraction of sp³-hybridized carbons (Fsp3) is 0.308. The summed E-state index contributed by atoms with van der Waals surface area (Å²) in [6, 6.07) is 8.94. The minimum atomic E-state index is 0.165. The van der Waals surface area contributed by atoms with Crippen molar-refractivity contribution in [2.45, 2.75) is 19.1 Å². The highest BCUT2D eigenvalue weighted by Gasteiger charge is 2.32. The molecule has 6 nitrogen and oxygen atoms in total. The van der Waals surface area contributed by atoms with Crippen LogP contribution in [0.1, 0.15) is 11.5 Å². The van der Waals surface area contributed by atoms with Crippen molar-refractivity contribution in [3.8, 4) is 11.5 Å². The van der Waals surface area contributed by atoms with Crippen LogP contribution in [0.5, 0.6) is 11.5 Å². The number of halogens is 2. The summed E-state index contributed by atoms with van der Waals surface area (Å²) in [5, 5.41) is 1.04. The average Bonchev–Trinajstić information content (AvgIpc) is 3.32. The van der Waals surface area contributed by atoms with E-state index < -0.39 is 0 Å². The van der Waals surface area contributed by atoms with Crippen LogP contribution in [0.15, 0.2) is 77.8 Å². The summed E-state index contributed by atoms with van der Waals surface area (Å²) in [6.45, 7) is 3.09. The molecule has 176 valence electrons. The maximum atomic E-state index is 6.18. The number of hydrogen-bond acceptors (Lipinski definition) is 6. The summed E-state index contributed by atoms with van der Waals surface area (Å²) >= 11 is 12.1. The van der Waals surface area contributed by atoms with Gasteiger partial charge < -0.3 is 13.9 Å². The second-order valence-corrected chi connectivity index (χ2v) is 9.42. The van der Waals surface area contributed by atoms with Crippen molar-refractivity contribution >= 4 is 23.2 Å². The van der Waals surface area contributed by atoms with E-state index in [1.165, 1.54) is 6.39 Å². The second kappa shape index (κ2) is 10.6. The zero-order chi connectivity index (χ0) is 23.3. The van der Waals surface area contributed by atoms with Crippen LogP contribution in [0, 0.1) is 11.8 Å². The Bertz CT molecular complexity index is 1160. The van der Waals surface area contributed by atoms with Crippen molar-refractivity contribution in [3.63, 3.8) is 0 Å². The van der Waals surface area contributed by atoms with Crippen LogP contribution in [-0.4, -0.2) is 40.6 Å². The number of pyridine rings is 1. The minimum Gasteiger partial charge on any atom is -0.488 e. The van der Waals surface area contributed by atoms with Crippen LogP contribution in [0.25, 0.3) is 0 Å². The van der Waals surface area contributed by atoms with Gasteiger partial charge in [-0.3, -0.25) is 9.88 Å². The van der Waals surface area contributed by atoms with Gasteiger partial charge in [0.25, 0.3) is 0 Å². The van der Waals surface area contributed by atoms with E-state index in [1.807, 2.05) is 12.1 Å². The Morgan fingerprint density at radius 2 is 1.91 bits per heavy atom. The van der Waals surface area contributed by atoms with Gasteiger partial charge in [-0.15, -0.1) is 0 Å². The standard InChI is InChI=1S/C26H25Cl2N3O3/c27-20-5-6-26(25(28)10-20)32-16-21-11-22(7-8-30-21)34-24-14-31(15-24)13-19-4-2-1-3-18(19)9-23-12-29-17-33-23/h1-8,10-12,17-19,24H,9,13-16H2. The van der Waals surface area contributed by atoms with Crippen LogP contribution < -0.4 is 9.47 Å². The van der Waals surface area contributed by atoms with E-state index in [1.54, 1.807) is 30.6 Å². The zero-order valence-electron chi connectivity index (χ0n) is 18.5. The topological polar surface area (TPSA) is 60.6 Å². The summed E-state index contributed by atoms with van der Waals surface area (Å²) in [4.78, 5) is 10.8. The number of aromatic nitrogens is 2. The van der Waals surface area contributed by atoms with Crippen molar-refractivity contribution in [2.75, 3.05) is 19.6 Å². The van der Waals surface area contributed by atoms with E-state index in [0.29, 0.717) is 34.2 Å². The quantitative estimate of drug-likeness (QED) is 0.382. The van der Waals surface area contributed by atoms with Gasteiger partial charge in [0.15, 0.2) is 6.39 Å². The maximum Gasteiger partial charge on any atom is 0.180 e. The van der Waals surface area contributed by atoms with Gasteiger partial charge in [-0.05, 0) is 36.1 Å². The Hall–Kier alpha value is -2.80. The molecule has 0 amide bonds. The molecule has 2 aromatic heterocycles. The van der Waals surface area contributed by atoms with Crippen molar-refractivity contribution in [1.29, 1.82) is 0 Å². The van der Waals surface area contributed by atoms with Gasteiger partial charge in [-0.25, -0.2) is 4.98 Å². The van der Waals surface area contributed by atoms with Gasteiger partial charge in [0, 0.05) is 43.3 Å². The fourth-order valence-electron chi connectivity index (χ4n) is 4.28. The molecule has 2 unspecified atom stereocenters. The Labute approximate surface area is 208 Å². The van der Waals surface area contributed by atoms with Crippen LogP contribution in [0.3, 0.4) is 0 Å². The van der Waals surface area contributed by atoms with Gasteiger partial charge in [0.05, 0.1) is 16.9 Å². The monoisotopic (exact) mass is 497 g/mol. The van der Waals surface area contributed by atoms with Crippen molar-refractivity contribution in [3.05, 3.63) is 94.9 Å². The van der Waals surface area contributed by atoms with Crippen molar-refractivity contribution in [1.82, 2.24) is 14.9 Å². The normalized spacial score (nSPS) is 20.3. The molecule has 2 atom stereocenters. The molecular formula is C26H25Cl2N3O3. The molecule has 0 bridgehead atoms. The van der Waals surface area contributed by atoms with Gasteiger partial charge >= 0.3 is 0 Å². The number of hydrogen-bond donors (Lipinski definition) is 0. The first-order valence-corrected chi connectivity index (χ1v) is 12.0. The molecule has 0 N–H and O–H groups in total. The largest absolute Gasteiger partial charge is 0.488 e. The molecule has 0 spiro atoms. The fourth-order valence-corrected chi connectivity index (χ4v) is 4.74. The molecule has 1 saturated heterocycles. The lowest BCUT2D eigenvalue weighted by molar-refractivity contribution is 0.0104. The van der Waals surface area contributed by atoms with Crippen LogP contribution in [0.2, 0.25) is 10.0 Å². The number of nitrogens with zero attached hydrogens (tertiary/aromatic N) is 3. The molecule has 1 aliphatic heterocycles. The Balaban J connectivity index is 1.09. The van der Waals surface area contributed by atoms with E-state index in [4.69, 9.17) is 37.1 Å². The van der Waals surface area contributed by atoms with Gasteiger partial charge in [-0.1, -0.05) is 47.5 Å². The van der Waals surface area contributed by atoms with Crippen LogP contribution in [-0.2, 0) is 13.0 Å². The Morgan fingerprint density at radius 3 is 2.71 bits per heavy atom. The molecule has 1 aliphatic carbocycles. The van der Waals surface area contributed by atoms with E-state index in [0.717, 1.165) is 43.3 Å². The van der Waals surface area contributed by atoms with E-state index in [9.17, 15) is 0 Å². The van der Waals surface area contributed by atoms with Gasteiger partial charge in [0.1, 0.15) is 30.0 Å². The lowest BCUT2D eigenvalue weighted by atomic mass is 9.84. The number of ether oxygens (including phenoxy) is 2. The molecule has 1 fully saturated rings. The highest BCUT2D eigenvalue weighted by molar-refractivity contribution is 6.35. The van der Waals surface area contributed by atoms with E-state index >= 15 is 0 Å². The molecule has 1 aromatic carbocycles. The first kappa shape index (κ1) is 23.0. The maximum absolute atomic E-state index is 6.18. The number of allylic oxidation sites excluding steroid dienone is 3. The molecular weight excluding hydrogens is 473 g/mol. The SMILES string of the molecule is Clc1ccc(OCc2cc(OC3CN(CC4C=CC=CC4Cc4cnco4)C3)ccn2)c(Cl)c1. The molecule has 8 heteroatoms. The third-order valence-electron chi connectivity index (χ3n) is 6.05. The second-order valence-electron chi connectivity index (χ2n) is 8.57. The van der Waals surface area contributed by atoms with Crippen LogP contribution >= 0.6 is 23.2 Å². The highest BCUT2D eigenvalue weighted by Crippen LogP contribution is 2.29. The number of benzene rings is 1. The van der Waals surface area contributed by atoms with Gasteiger partial charge in [-0.2, -0.15) is 0 Å². The molecule has 3 aromatic rings. The average molecular weight is 498 g/mol. The summed E-state index contributed by atoms with van der Waals surface area (Å²) in [5.41, 5.74) is 0.772. The molecule has 2 aliphatic rings. The molecule has 0 radical (unpaired) electrons. The Morgan fingerprint density at radius 1 is 1.06 bits per heavy atom. The molecule has 3 heterocycles. The van der Waals surface area contributed by atoms with Gasteiger partial charge in [0.2, 0.25) is 0 Å². The molecule has 0 saturated carbocycles. The van der Waals surface area contributed by atoms with Crippen molar-refractivity contribution < 1.29 is 13.9 Å². The van der Waals surface area contributed by atoms with Crippen molar-refractivity contribution in [2.24, 2.45) is 11.8 Å². The lowest BCUT2D eigenvalue weighted by Crippen LogP contribution is -2.55. The first-order valence-electron chi connectivity index (χ1n) is 11.3. The first-order chi connectivity index (χ1) is 16.6. The number of rotatable bonds is 9. The third-order valence-corrected chi connectivity index (χ3v) is 6.58. The predicted molar refractivity (Wildman–Crippen MR) is 131 cm³/mol. The smallest absolute Gasteiger partial charge is 0.180 e. The van der Waals surface area contributed by atoms with E-state index in [-0.39, 0.29) is 6.10 Å². The lowest BCUT2D eigenvalue weighted by Gasteiger charge is -2.41. The Kier molecular flexibility index (Phi) is 7.19. The number of likely N-dealkylation sites (tertiary alicyclic amines) is 1. The highest BCUT2D eigenvalue weighted by atomic mass is 35.5.